The van der Waals surface area contributed by atoms with Crippen LogP contribution in [0, 0.1) is 11.6 Å². The SMILES string of the molecule is Nc1c(Br)cnn1Cc1c(F)cccc1F. The van der Waals surface area contributed by atoms with Crippen LogP contribution in [-0.2, 0) is 6.54 Å². The highest BCUT2D eigenvalue weighted by atomic mass is 79.9. The number of nitrogens with zero attached hydrogens (tertiary/aromatic N) is 2. The van der Waals surface area contributed by atoms with Gasteiger partial charge in [-0.1, -0.05) is 6.07 Å². The fraction of sp³-hybridized carbons (Fsp3) is 0.100. The largest absolute Gasteiger partial charge is 0.383 e. The Morgan fingerprint density at radius 1 is 1.31 bits per heavy atom. The molecule has 0 aliphatic carbocycles. The van der Waals surface area contributed by atoms with Gasteiger partial charge >= 0.3 is 0 Å². The third-order valence-electron chi connectivity index (χ3n) is 2.20. The van der Waals surface area contributed by atoms with E-state index in [2.05, 4.69) is 21.0 Å². The molecular formula is C10H8BrF2N3. The van der Waals surface area contributed by atoms with Crippen molar-refractivity contribution in [2.45, 2.75) is 6.54 Å². The highest BCUT2D eigenvalue weighted by molar-refractivity contribution is 9.10. The Hall–Kier alpha value is -1.43. The number of benzene rings is 1. The third kappa shape index (κ3) is 1.92. The first-order chi connectivity index (χ1) is 7.59. The van der Waals surface area contributed by atoms with Crippen LogP contribution in [0.3, 0.4) is 0 Å². The molecule has 2 aromatic rings. The van der Waals surface area contributed by atoms with Crippen molar-refractivity contribution in [2.24, 2.45) is 0 Å². The van der Waals surface area contributed by atoms with Crippen molar-refractivity contribution >= 4 is 21.7 Å². The molecule has 0 aliphatic heterocycles. The summed E-state index contributed by atoms with van der Waals surface area (Å²) >= 11 is 3.17. The Morgan fingerprint density at radius 3 is 2.44 bits per heavy atom. The average Bonchev–Trinajstić information content (AvgIpc) is 2.55. The molecule has 84 valence electrons. The van der Waals surface area contributed by atoms with Gasteiger partial charge in [0.2, 0.25) is 0 Å². The van der Waals surface area contributed by atoms with Crippen LogP contribution >= 0.6 is 15.9 Å². The number of halogens is 3. The molecule has 0 aliphatic rings. The van der Waals surface area contributed by atoms with E-state index in [9.17, 15) is 8.78 Å². The summed E-state index contributed by atoms with van der Waals surface area (Å²) in [5.41, 5.74) is 5.61. The van der Waals surface area contributed by atoms with Gasteiger partial charge in [-0.05, 0) is 28.1 Å². The number of rotatable bonds is 2. The molecule has 1 aromatic heterocycles. The minimum Gasteiger partial charge on any atom is -0.383 e. The summed E-state index contributed by atoms with van der Waals surface area (Å²) in [4.78, 5) is 0. The first kappa shape index (κ1) is 11.1. The van der Waals surface area contributed by atoms with E-state index in [1.807, 2.05) is 0 Å². The zero-order chi connectivity index (χ0) is 11.7. The predicted octanol–water partition coefficient (Wildman–Crippen LogP) is 2.55. The van der Waals surface area contributed by atoms with Crippen LogP contribution in [0.25, 0.3) is 0 Å². The van der Waals surface area contributed by atoms with E-state index >= 15 is 0 Å². The Labute approximate surface area is 99.0 Å². The number of aromatic nitrogens is 2. The van der Waals surface area contributed by atoms with Crippen LogP contribution < -0.4 is 5.73 Å². The van der Waals surface area contributed by atoms with E-state index in [1.54, 1.807) is 0 Å². The molecule has 0 unspecified atom stereocenters. The molecule has 0 amide bonds. The summed E-state index contributed by atoms with van der Waals surface area (Å²) in [6.07, 6.45) is 1.48. The fourth-order valence-electron chi connectivity index (χ4n) is 1.33. The maximum absolute atomic E-state index is 13.3. The zero-order valence-electron chi connectivity index (χ0n) is 8.12. The molecular weight excluding hydrogens is 280 g/mol. The van der Waals surface area contributed by atoms with Gasteiger partial charge in [0.15, 0.2) is 0 Å². The summed E-state index contributed by atoms with van der Waals surface area (Å²) in [5.74, 6) is -0.875. The molecule has 3 nitrogen and oxygen atoms in total. The summed E-state index contributed by atoms with van der Waals surface area (Å²) in [5, 5.41) is 3.90. The van der Waals surface area contributed by atoms with Crippen LogP contribution in [0.1, 0.15) is 5.56 Å². The maximum atomic E-state index is 13.3. The molecule has 6 heteroatoms. The predicted molar refractivity (Wildman–Crippen MR) is 59.8 cm³/mol. The molecule has 0 bridgehead atoms. The monoisotopic (exact) mass is 287 g/mol. The second-order valence-electron chi connectivity index (χ2n) is 3.24. The highest BCUT2D eigenvalue weighted by Crippen LogP contribution is 2.20. The van der Waals surface area contributed by atoms with Gasteiger partial charge in [-0.3, -0.25) is 0 Å². The Kier molecular flexibility index (Phi) is 2.91. The number of hydrogen-bond acceptors (Lipinski definition) is 2. The van der Waals surface area contributed by atoms with Crippen molar-refractivity contribution in [2.75, 3.05) is 5.73 Å². The van der Waals surface area contributed by atoms with Crippen LogP contribution in [0.5, 0.6) is 0 Å². The van der Waals surface area contributed by atoms with Crippen molar-refractivity contribution in [1.82, 2.24) is 9.78 Å². The molecule has 16 heavy (non-hydrogen) atoms. The smallest absolute Gasteiger partial charge is 0.136 e. The Bertz CT molecular complexity index is 505. The van der Waals surface area contributed by atoms with Crippen molar-refractivity contribution in [3.8, 4) is 0 Å². The van der Waals surface area contributed by atoms with E-state index in [1.165, 1.54) is 29.1 Å². The number of anilines is 1. The van der Waals surface area contributed by atoms with Gasteiger partial charge < -0.3 is 5.73 Å². The lowest BCUT2D eigenvalue weighted by Crippen LogP contribution is -2.09. The summed E-state index contributed by atoms with van der Waals surface area (Å²) in [6.45, 7) is -0.0318. The van der Waals surface area contributed by atoms with Crippen molar-refractivity contribution < 1.29 is 8.78 Å². The molecule has 0 saturated carbocycles. The summed E-state index contributed by atoms with van der Waals surface area (Å²) in [6, 6.07) is 3.72. The van der Waals surface area contributed by atoms with Gasteiger partial charge in [0.1, 0.15) is 17.5 Å². The lowest BCUT2D eigenvalue weighted by Gasteiger charge is -2.06. The van der Waals surface area contributed by atoms with Gasteiger partial charge in [0, 0.05) is 5.56 Å². The quantitative estimate of drug-likeness (QED) is 0.923. The van der Waals surface area contributed by atoms with Crippen LogP contribution in [0.2, 0.25) is 0 Å². The van der Waals surface area contributed by atoms with Crippen molar-refractivity contribution in [3.05, 3.63) is 46.1 Å². The minimum absolute atomic E-state index is 0.0318. The van der Waals surface area contributed by atoms with E-state index < -0.39 is 11.6 Å². The Balaban J connectivity index is 2.38. The number of nitrogens with two attached hydrogens (primary N) is 1. The standard InChI is InChI=1S/C10H8BrF2N3/c11-7-4-15-16(10(7)14)5-6-8(12)2-1-3-9(6)13/h1-4H,5,14H2. The lowest BCUT2D eigenvalue weighted by atomic mass is 10.2. The van der Waals surface area contributed by atoms with Gasteiger partial charge in [0.05, 0.1) is 17.2 Å². The van der Waals surface area contributed by atoms with Crippen LogP contribution in [0.4, 0.5) is 14.6 Å². The number of hydrogen-bond donors (Lipinski definition) is 1. The lowest BCUT2D eigenvalue weighted by molar-refractivity contribution is 0.535. The van der Waals surface area contributed by atoms with Crippen molar-refractivity contribution in [1.29, 1.82) is 0 Å². The first-order valence-electron chi connectivity index (χ1n) is 4.49. The minimum atomic E-state index is -0.606. The molecule has 1 heterocycles. The number of nitrogen functional groups attached to an aromatic ring is 1. The molecule has 0 radical (unpaired) electrons. The second-order valence-corrected chi connectivity index (χ2v) is 4.09. The van der Waals surface area contributed by atoms with Gasteiger partial charge in [-0.15, -0.1) is 0 Å². The molecule has 1 aromatic carbocycles. The van der Waals surface area contributed by atoms with Crippen LogP contribution in [0.15, 0.2) is 28.9 Å². The molecule has 2 N–H and O–H groups in total. The Morgan fingerprint density at radius 2 is 1.94 bits per heavy atom. The topological polar surface area (TPSA) is 43.8 Å². The van der Waals surface area contributed by atoms with Gasteiger partial charge in [0.25, 0.3) is 0 Å². The maximum Gasteiger partial charge on any atom is 0.136 e. The summed E-state index contributed by atoms with van der Waals surface area (Å²) < 4.78 is 28.6. The average molecular weight is 288 g/mol. The van der Waals surface area contributed by atoms with Gasteiger partial charge in [-0.25, -0.2) is 13.5 Å². The molecule has 0 spiro atoms. The van der Waals surface area contributed by atoms with E-state index in [0.29, 0.717) is 10.3 Å². The van der Waals surface area contributed by atoms with E-state index in [4.69, 9.17) is 5.73 Å². The highest BCUT2D eigenvalue weighted by Gasteiger charge is 2.12. The fourth-order valence-corrected chi connectivity index (χ4v) is 1.63. The first-order valence-corrected chi connectivity index (χ1v) is 5.28. The zero-order valence-corrected chi connectivity index (χ0v) is 9.71. The van der Waals surface area contributed by atoms with Gasteiger partial charge in [-0.2, -0.15) is 5.10 Å². The molecule has 2 rings (SSSR count). The van der Waals surface area contributed by atoms with E-state index in [0.717, 1.165) is 0 Å². The molecule has 0 fully saturated rings. The normalized spacial score (nSPS) is 10.7. The van der Waals surface area contributed by atoms with Crippen LogP contribution in [-0.4, -0.2) is 9.78 Å². The summed E-state index contributed by atoms with van der Waals surface area (Å²) in [7, 11) is 0. The second kappa shape index (κ2) is 4.21. The van der Waals surface area contributed by atoms with Crippen molar-refractivity contribution in [3.63, 3.8) is 0 Å². The molecule has 0 saturated heterocycles. The van der Waals surface area contributed by atoms with E-state index in [-0.39, 0.29) is 12.1 Å². The molecule has 0 atom stereocenters. The third-order valence-corrected chi connectivity index (χ3v) is 2.81.